The summed E-state index contributed by atoms with van der Waals surface area (Å²) in [7, 11) is 0. The zero-order valence-electron chi connectivity index (χ0n) is 11.0. The van der Waals surface area contributed by atoms with Gasteiger partial charge < -0.3 is 10.3 Å². The molecule has 1 aliphatic rings. The predicted octanol–water partition coefficient (Wildman–Crippen LogP) is 3.60. The number of nitrogens with zero attached hydrogens (tertiary/aromatic N) is 2. The minimum atomic E-state index is -0.291. The van der Waals surface area contributed by atoms with Crippen LogP contribution in [0.15, 0.2) is 18.2 Å². The van der Waals surface area contributed by atoms with Crippen LogP contribution in [0.5, 0.6) is 0 Å². The Hall–Kier alpha value is -1.23. The minimum absolute atomic E-state index is 0.291. The number of aromatic nitrogens is 2. The van der Waals surface area contributed by atoms with Crippen LogP contribution < -0.4 is 5.73 Å². The Kier molecular flexibility index (Phi) is 3.39. The van der Waals surface area contributed by atoms with Crippen molar-refractivity contribution >= 4 is 28.7 Å². The first kappa shape index (κ1) is 12.8. The quantitative estimate of drug-likeness (QED) is 0.933. The van der Waals surface area contributed by atoms with Crippen LogP contribution >= 0.6 is 11.8 Å². The molecule has 0 saturated heterocycles. The molecule has 2 unspecified atom stereocenters. The molecule has 1 fully saturated rings. The van der Waals surface area contributed by atoms with Crippen LogP contribution in [-0.4, -0.2) is 20.6 Å². The minimum Gasteiger partial charge on any atom is -0.369 e. The van der Waals surface area contributed by atoms with E-state index in [0.29, 0.717) is 22.8 Å². The average molecular weight is 279 g/mol. The molecule has 3 nitrogen and oxygen atoms in total. The maximum absolute atomic E-state index is 13.8. The van der Waals surface area contributed by atoms with Crippen molar-refractivity contribution in [1.82, 2.24) is 9.55 Å². The van der Waals surface area contributed by atoms with Crippen molar-refractivity contribution in [2.24, 2.45) is 0 Å². The fourth-order valence-corrected chi connectivity index (χ4v) is 4.30. The van der Waals surface area contributed by atoms with Crippen molar-refractivity contribution in [2.75, 3.05) is 11.5 Å². The monoisotopic (exact) mass is 279 g/mol. The largest absolute Gasteiger partial charge is 0.369 e. The second-order valence-electron chi connectivity index (χ2n) is 4.94. The van der Waals surface area contributed by atoms with Gasteiger partial charge in [0, 0.05) is 11.3 Å². The summed E-state index contributed by atoms with van der Waals surface area (Å²) in [5.41, 5.74) is 7.26. The van der Waals surface area contributed by atoms with Gasteiger partial charge >= 0.3 is 0 Å². The van der Waals surface area contributed by atoms with Crippen LogP contribution in [-0.2, 0) is 0 Å². The molecule has 0 amide bonds. The van der Waals surface area contributed by atoms with Gasteiger partial charge in [0.15, 0.2) is 5.82 Å². The van der Waals surface area contributed by atoms with Crippen LogP contribution in [0.4, 0.5) is 10.3 Å². The first-order chi connectivity index (χ1) is 9.22. The predicted molar refractivity (Wildman–Crippen MR) is 78.9 cm³/mol. The van der Waals surface area contributed by atoms with Crippen LogP contribution in [0.1, 0.15) is 32.2 Å². The van der Waals surface area contributed by atoms with Gasteiger partial charge in [-0.3, -0.25) is 0 Å². The molecule has 0 aliphatic heterocycles. The molecule has 2 N–H and O–H groups in total. The van der Waals surface area contributed by atoms with Gasteiger partial charge in [0.1, 0.15) is 5.52 Å². The van der Waals surface area contributed by atoms with Gasteiger partial charge in [-0.15, -0.1) is 0 Å². The number of imidazole rings is 1. The molecule has 1 aliphatic carbocycles. The molecule has 1 aromatic carbocycles. The van der Waals surface area contributed by atoms with E-state index in [-0.39, 0.29) is 5.82 Å². The van der Waals surface area contributed by atoms with E-state index in [0.717, 1.165) is 17.7 Å². The lowest BCUT2D eigenvalue weighted by atomic mass is 10.2. The molecule has 102 valence electrons. The van der Waals surface area contributed by atoms with Crippen molar-refractivity contribution < 1.29 is 4.39 Å². The lowest BCUT2D eigenvalue weighted by Gasteiger charge is -2.22. The Balaban J connectivity index is 2.09. The van der Waals surface area contributed by atoms with Gasteiger partial charge in [0.2, 0.25) is 5.95 Å². The van der Waals surface area contributed by atoms with Gasteiger partial charge in [-0.25, -0.2) is 9.37 Å². The fraction of sp³-hybridized carbons (Fsp3) is 0.500. The summed E-state index contributed by atoms with van der Waals surface area (Å²) < 4.78 is 15.8. The molecule has 0 spiro atoms. The zero-order valence-corrected chi connectivity index (χ0v) is 11.8. The van der Waals surface area contributed by atoms with Crippen molar-refractivity contribution in [2.45, 2.75) is 37.5 Å². The van der Waals surface area contributed by atoms with Crippen LogP contribution in [0, 0.1) is 5.82 Å². The van der Waals surface area contributed by atoms with E-state index in [1.165, 1.54) is 18.9 Å². The van der Waals surface area contributed by atoms with Gasteiger partial charge in [0.05, 0.1) is 5.52 Å². The number of hydrogen-bond donors (Lipinski definition) is 1. The van der Waals surface area contributed by atoms with Crippen molar-refractivity contribution in [3.8, 4) is 0 Å². The van der Waals surface area contributed by atoms with Crippen LogP contribution in [0.25, 0.3) is 11.0 Å². The number of thioether (sulfide) groups is 1. The smallest absolute Gasteiger partial charge is 0.201 e. The Morgan fingerprint density at radius 1 is 1.47 bits per heavy atom. The fourth-order valence-electron chi connectivity index (χ4n) is 3.06. The number of halogens is 1. The molecule has 0 radical (unpaired) electrons. The van der Waals surface area contributed by atoms with E-state index in [4.69, 9.17) is 5.73 Å². The maximum atomic E-state index is 13.8. The van der Waals surface area contributed by atoms with Crippen molar-refractivity contribution in [3.05, 3.63) is 24.0 Å². The van der Waals surface area contributed by atoms with Crippen molar-refractivity contribution in [3.63, 3.8) is 0 Å². The molecule has 3 rings (SSSR count). The summed E-state index contributed by atoms with van der Waals surface area (Å²) >= 11 is 1.97. The summed E-state index contributed by atoms with van der Waals surface area (Å²) in [6.07, 6.45) is 3.51. The third-order valence-corrected chi connectivity index (χ3v) is 5.14. The summed E-state index contributed by atoms with van der Waals surface area (Å²) in [5, 5.41) is 0.563. The number of para-hydroxylation sites is 1. The first-order valence-electron chi connectivity index (χ1n) is 6.76. The molecule has 0 bridgehead atoms. The first-order valence-corrected chi connectivity index (χ1v) is 7.80. The average Bonchev–Trinajstić information content (AvgIpc) is 2.94. The van der Waals surface area contributed by atoms with Crippen LogP contribution in [0.3, 0.4) is 0 Å². The molecule has 5 heteroatoms. The van der Waals surface area contributed by atoms with Crippen LogP contribution in [0.2, 0.25) is 0 Å². The maximum Gasteiger partial charge on any atom is 0.201 e. The number of anilines is 1. The van der Waals surface area contributed by atoms with E-state index >= 15 is 0 Å². The van der Waals surface area contributed by atoms with E-state index in [1.807, 2.05) is 22.4 Å². The van der Waals surface area contributed by atoms with E-state index in [1.54, 1.807) is 6.07 Å². The lowest BCUT2D eigenvalue weighted by Crippen LogP contribution is -2.18. The van der Waals surface area contributed by atoms with Crippen molar-refractivity contribution in [1.29, 1.82) is 0 Å². The van der Waals surface area contributed by atoms with E-state index < -0.39 is 0 Å². The third kappa shape index (κ3) is 2.10. The lowest BCUT2D eigenvalue weighted by molar-refractivity contribution is 0.549. The molecule has 1 heterocycles. The van der Waals surface area contributed by atoms with Gasteiger partial charge in [-0.1, -0.05) is 19.4 Å². The number of hydrogen-bond acceptors (Lipinski definition) is 3. The zero-order chi connectivity index (χ0) is 13.4. The van der Waals surface area contributed by atoms with Gasteiger partial charge in [0.25, 0.3) is 0 Å². The SMILES string of the molecule is CCSC1CCCC1n1c(N)nc2c(F)cccc21. The second kappa shape index (κ2) is 5.04. The molecular formula is C14H18FN3S. The molecule has 1 saturated carbocycles. The normalized spacial score (nSPS) is 23.3. The Labute approximate surface area is 116 Å². The Morgan fingerprint density at radius 2 is 2.32 bits per heavy atom. The van der Waals surface area contributed by atoms with E-state index in [2.05, 4.69) is 11.9 Å². The Bertz CT molecular complexity index is 596. The molecule has 2 atom stereocenters. The number of benzene rings is 1. The highest BCUT2D eigenvalue weighted by Crippen LogP contribution is 2.41. The molecule has 2 aromatic rings. The highest BCUT2D eigenvalue weighted by molar-refractivity contribution is 7.99. The number of rotatable bonds is 3. The molecule has 1 aromatic heterocycles. The second-order valence-corrected chi connectivity index (χ2v) is 6.46. The van der Waals surface area contributed by atoms with Gasteiger partial charge in [-0.05, 0) is 30.7 Å². The summed E-state index contributed by atoms with van der Waals surface area (Å²) in [4.78, 5) is 4.21. The molecular weight excluding hydrogens is 261 g/mol. The molecule has 19 heavy (non-hydrogen) atoms. The number of nitrogens with two attached hydrogens (primary N) is 1. The van der Waals surface area contributed by atoms with E-state index in [9.17, 15) is 4.39 Å². The standard InChI is InChI=1S/C14H18FN3S/c1-2-19-12-8-4-6-10(12)18-11-7-3-5-9(15)13(11)17-14(18)16/h3,5,7,10,12H,2,4,6,8H2,1H3,(H2,16,17). The highest BCUT2D eigenvalue weighted by Gasteiger charge is 2.31. The summed E-state index contributed by atoms with van der Waals surface area (Å²) in [6, 6.07) is 5.42. The highest BCUT2D eigenvalue weighted by atomic mass is 32.2. The third-order valence-electron chi connectivity index (χ3n) is 3.83. The number of fused-ring (bicyclic) bond motifs is 1. The van der Waals surface area contributed by atoms with Gasteiger partial charge in [-0.2, -0.15) is 11.8 Å². The topological polar surface area (TPSA) is 43.8 Å². The number of nitrogen functional groups attached to an aromatic ring is 1. The summed E-state index contributed by atoms with van der Waals surface area (Å²) in [6.45, 7) is 2.18. The Morgan fingerprint density at radius 3 is 3.11 bits per heavy atom. The summed E-state index contributed by atoms with van der Waals surface area (Å²) in [5.74, 6) is 1.25.